The van der Waals surface area contributed by atoms with Crippen LogP contribution in [0.2, 0.25) is 0 Å². The molecule has 0 heterocycles. The van der Waals surface area contributed by atoms with Gasteiger partial charge in [-0.3, -0.25) is 0 Å². The van der Waals surface area contributed by atoms with Crippen LogP contribution in [0.25, 0.3) is 0 Å². The molecule has 116 valence electrons. The number of rotatable bonds is 7. The number of alkyl halides is 3. The molecule has 0 saturated heterocycles. The number of nitriles is 1. The van der Waals surface area contributed by atoms with Crippen LogP contribution in [0.3, 0.4) is 0 Å². The Morgan fingerprint density at radius 1 is 1.29 bits per heavy atom. The number of likely N-dealkylation sites (N-methyl/N-ethyl adjacent to an activating group) is 1. The summed E-state index contributed by atoms with van der Waals surface area (Å²) in [6.45, 7) is 2.30. The third-order valence-electron chi connectivity index (χ3n) is 2.70. The molecule has 7 heteroatoms. The van der Waals surface area contributed by atoms with Gasteiger partial charge in [-0.05, 0) is 32.3 Å². The smallest absolute Gasteiger partial charge is 0.383 e. The van der Waals surface area contributed by atoms with Gasteiger partial charge in [-0.25, -0.2) is 0 Å². The number of nitrogens with zero attached hydrogens (tertiary/aromatic N) is 2. The van der Waals surface area contributed by atoms with E-state index in [0.717, 1.165) is 12.6 Å². The number of anilines is 1. The van der Waals surface area contributed by atoms with Crippen molar-refractivity contribution in [3.63, 3.8) is 0 Å². The Labute approximate surface area is 122 Å². The maximum Gasteiger partial charge on any atom is 0.417 e. The lowest BCUT2D eigenvalue weighted by Gasteiger charge is -2.12. The molecule has 0 fully saturated rings. The van der Waals surface area contributed by atoms with Crippen molar-refractivity contribution in [3.8, 4) is 6.07 Å². The Balaban J connectivity index is 2.49. The lowest BCUT2D eigenvalue weighted by atomic mass is 10.1. The third-order valence-corrected chi connectivity index (χ3v) is 2.70. The van der Waals surface area contributed by atoms with E-state index in [9.17, 15) is 13.2 Å². The van der Waals surface area contributed by atoms with E-state index in [1.165, 1.54) is 12.1 Å². The van der Waals surface area contributed by atoms with Crippen molar-refractivity contribution < 1.29 is 17.9 Å². The van der Waals surface area contributed by atoms with Gasteiger partial charge in [-0.2, -0.15) is 18.4 Å². The molecular weight excluding hydrogens is 283 g/mol. The zero-order valence-electron chi connectivity index (χ0n) is 12.0. The van der Waals surface area contributed by atoms with Gasteiger partial charge in [-0.15, -0.1) is 0 Å². The molecule has 1 rings (SSSR count). The molecule has 4 nitrogen and oxygen atoms in total. The van der Waals surface area contributed by atoms with E-state index in [0.29, 0.717) is 25.4 Å². The molecule has 0 aliphatic rings. The molecule has 0 spiro atoms. The molecule has 0 amide bonds. The average molecular weight is 301 g/mol. The lowest BCUT2D eigenvalue weighted by molar-refractivity contribution is -0.137. The number of ether oxygens (including phenoxy) is 1. The highest BCUT2D eigenvalue weighted by atomic mass is 19.4. The van der Waals surface area contributed by atoms with Crippen molar-refractivity contribution in [2.45, 2.75) is 6.18 Å². The first-order valence-electron chi connectivity index (χ1n) is 6.42. The van der Waals surface area contributed by atoms with Gasteiger partial charge in [0.25, 0.3) is 0 Å². The normalized spacial score (nSPS) is 11.5. The largest absolute Gasteiger partial charge is 0.417 e. The molecule has 1 aromatic rings. The molecule has 0 aliphatic heterocycles. The molecule has 1 aromatic carbocycles. The maximum atomic E-state index is 12.6. The van der Waals surface area contributed by atoms with Crippen molar-refractivity contribution in [3.05, 3.63) is 29.3 Å². The first-order chi connectivity index (χ1) is 9.84. The second-order valence-corrected chi connectivity index (χ2v) is 4.71. The maximum absolute atomic E-state index is 12.6. The second kappa shape index (κ2) is 7.86. The van der Waals surface area contributed by atoms with Crippen molar-refractivity contribution >= 4 is 5.69 Å². The average Bonchev–Trinajstić information content (AvgIpc) is 2.41. The Kier molecular flexibility index (Phi) is 6.46. The molecule has 21 heavy (non-hydrogen) atoms. The van der Waals surface area contributed by atoms with Crippen LogP contribution in [-0.2, 0) is 10.9 Å². The minimum Gasteiger partial charge on any atom is -0.383 e. The van der Waals surface area contributed by atoms with Gasteiger partial charge < -0.3 is 15.0 Å². The van der Waals surface area contributed by atoms with Gasteiger partial charge in [-0.1, -0.05) is 0 Å². The van der Waals surface area contributed by atoms with Crippen LogP contribution in [0.15, 0.2) is 18.2 Å². The highest BCUT2D eigenvalue weighted by molar-refractivity contribution is 5.53. The molecule has 0 radical (unpaired) electrons. The lowest BCUT2D eigenvalue weighted by Crippen LogP contribution is -2.20. The van der Waals surface area contributed by atoms with Gasteiger partial charge in [0, 0.05) is 18.8 Å². The summed E-state index contributed by atoms with van der Waals surface area (Å²) >= 11 is 0. The van der Waals surface area contributed by atoms with Crippen LogP contribution in [0.4, 0.5) is 18.9 Å². The first kappa shape index (κ1) is 17.3. The number of nitrogens with one attached hydrogen (secondary N) is 1. The molecular formula is C14H18F3N3O. The fourth-order valence-electron chi connectivity index (χ4n) is 1.61. The molecule has 0 aromatic heterocycles. The summed E-state index contributed by atoms with van der Waals surface area (Å²) < 4.78 is 43.2. The van der Waals surface area contributed by atoms with Crippen molar-refractivity contribution in [1.29, 1.82) is 5.26 Å². The minimum absolute atomic E-state index is 0.388. The SMILES string of the molecule is CN(C)CCOCCNc1ccc(C(F)(F)F)c(C#N)c1. The summed E-state index contributed by atoms with van der Waals surface area (Å²) in [4.78, 5) is 1.99. The molecule has 0 atom stereocenters. The number of halogens is 3. The highest BCUT2D eigenvalue weighted by Gasteiger charge is 2.33. The summed E-state index contributed by atoms with van der Waals surface area (Å²) in [6.07, 6.45) is -4.51. The molecule has 1 N–H and O–H groups in total. The summed E-state index contributed by atoms with van der Waals surface area (Å²) in [6, 6.07) is 4.99. The van der Waals surface area contributed by atoms with Gasteiger partial charge in [0.2, 0.25) is 0 Å². The van der Waals surface area contributed by atoms with Crippen molar-refractivity contribution in [2.75, 3.05) is 45.7 Å². The van der Waals surface area contributed by atoms with Crippen molar-refractivity contribution in [2.24, 2.45) is 0 Å². The topological polar surface area (TPSA) is 48.3 Å². The van der Waals surface area contributed by atoms with Crippen molar-refractivity contribution in [1.82, 2.24) is 4.90 Å². The fraction of sp³-hybridized carbons (Fsp3) is 0.500. The van der Waals surface area contributed by atoms with E-state index in [4.69, 9.17) is 10.00 Å². The number of benzene rings is 1. The fourth-order valence-corrected chi connectivity index (χ4v) is 1.61. The summed E-state index contributed by atoms with van der Waals surface area (Å²) in [5.41, 5.74) is -0.838. The Morgan fingerprint density at radius 3 is 2.57 bits per heavy atom. The summed E-state index contributed by atoms with van der Waals surface area (Å²) in [5.74, 6) is 0. The van der Waals surface area contributed by atoms with Gasteiger partial charge >= 0.3 is 6.18 Å². The summed E-state index contributed by atoms with van der Waals surface area (Å²) in [7, 11) is 3.88. The standard InChI is InChI=1S/C14H18F3N3O/c1-20(2)6-8-21-7-5-19-12-3-4-13(14(15,16)17)11(9-12)10-18/h3-4,9,19H,5-8H2,1-2H3. The zero-order chi connectivity index (χ0) is 15.9. The first-order valence-corrected chi connectivity index (χ1v) is 6.42. The van der Waals surface area contributed by atoms with E-state index in [2.05, 4.69) is 5.32 Å². The van der Waals surface area contributed by atoms with Gasteiger partial charge in [0.1, 0.15) is 0 Å². The number of hydrogen-bond acceptors (Lipinski definition) is 4. The van der Waals surface area contributed by atoms with Crippen LogP contribution in [0, 0.1) is 11.3 Å². The zero-order valence-corrected chi connectivity index (χ0v) is 12.0. The second-order valence-electron chi connectivity index (χ2n) is 4.71. The number of hydrogen-bond donors (Lipinski definition) is 1. The quantitative estimate of drug-likeness (QED) is 0.786. The van der Waals surface area contributed by atoms with Crippen LogP contribution in [0.5, 0.6) is 0 Å². The molecule has 0 unspecified atom stereocenters. The summed E-state index contributed by atoms with van der Waals surface area (Å²) in [5, 5.41) is 11.7. The van der Waals surface area contributed by atoms with Crippen LogP contribution in [-0.4, -0.2) is 45.3 Å². The third kappa shape index (κ3) is 6.02. The van der Waals surface area contributed by atoms with Crippen LogP contribution < -0.4 is 5.32 Å². The molecule has 0 saturated carbocycles. The molecule has 0 bridgehead atoms. The van der Waals surface area contributed by atoms with Crippen LogP contribution in [0.1, 0.15) is 11.1 Å². The predicted octanol–water partition coefficient (Wildman–Crippen LogP) is 2.57. The minimum atomic E-state index is -4.51. The van der Waals surface area contributed by atoms with E-state index >= 15 is 0 Å². The van der Waals surface area contributed by atoms with Crippen LogP contribution >= 0.6 is 0 Å². The van der Waals surface area contributed by atoms with E-state index in [1.54, 1.807) is 6.07 Å². The van der Waals surface area contributed by atoms with E-state index in [-0.39, 0.29) is 5.56 Å². The highest BCUT2D eigenvalue weighted by Crippen LogP contribution is 2.32. The predicted molar refractivity (Wildman–Crippen MR) is 74.0 cm³/mol. The Morgan fingerprint density at radius 2 is 2.00 bits per heavy atom. The Bertz CT molecular complexity index is 495. The monoisotopic (exact) mass is 301 g/mol. The Hall–Kier alpha value is -1.78. The van der Waals surface area contributed by atoms with E-state index < -0.39 is 11.7 Å². The molecule has 0 aliphatic carbocycles. The van der Waals surface area contributed by atoms with Gasteiger partial charge in [0.15, 0.2) is 0 Å². The van der Waals surface area contributed by atoms with Gasteiger partial charge in [0.05, 0.1) is 30.4 Å². The van der Waals surface area contributed by atoms with E-state index in [1.807, 2.05) is 19.0 Å².